The second-order valence-corrected chi connectivity index (χ2v) is 27.9. The highest BCUT2D eigenvalue weighted by atomic mass is 16.7. The minimum Gasteiger partial charge on any atom is -0.394 e. The predicted molar refractivity (Wildman–Crippen MR) is 378 cm³/mol. The van der Waals surface area contributed by atoms with E-state index in [-0.39, 0.29) is 12.5 Å². The van der Waals surface area contributed by atoms with Gasteiger partial charge in [-0.1, -0.05) is 404 Å². The zero-order valence-electron chi connectivity index (χ0n) is 58.8. The van der Waals surface area contributed by atoms with E-state index in [9.17, 15) is 30.3 Å². The number of nitrogens with one attached hydrogen (secondary N) is 1. The molecule has 7 unspecified atom stereocenters. The molecule has 9 heteroatoms. The molecule has 1 aliphatic heterocycles. The number of aliphatic hydroxyl groups excluding tert-OH is 5. The van der Waals surface area contributed by atoms with E-state index in [1.54, 1.807) is 6.08 Å². The van der Waals surface area contributed by atoms with Crippen LogP contribution in [0.5, 0.6) is 0 Å². The topological polar surface area (TPSA) is 149 Å². The molecule has 0 saturated carbocycles. The Morgan fingerprint density at radius 2 is 0.648 bits per heavy atom. The van der Waals surface area contributed by atoms with E-state index in [0.29, 0.717) is 6.42 Å². The quantitative estimate of drug-likeness (QED) is 0.0261. The molecule has 1 heterocycles. The van der Waals surface area contributed by atoms with Gasteiger partial charge in [0.15, 0.2) is 6.29 Å². The molecule has 0 bridgehead atoms. The monoisotopic (exact) mass is 1240 g/mol. The third-order valence-corrected chi connectivity index (χ3v) is 19.3. The van der Waals surface area contributed by atoms with Gasteiger partial charge in [0.2, 0.25) is 5.91 Å². The number of ether oxygens (including phenoxy) is 2. The van der Waals surface area contributed by atoms with Crippen LogP contribution in [0.3, 0.4) is 0 Å². The fourth-order valence-electron chi connectivity index (χ4n) is 13.1. The maximum atomic E-state index is 13.2. The summed E-state index contributed by atoms with van der Waals surface area (Å²) < 4.78 is 11.3. The molecule has 88 heavy (non-hydrogen) atoms. The Balaban J connectivity index is 2.06. The largest absolute Gasteiger partial charge is 0.394 e. The summed E-state index contributed by atoms with van der Waals surface area (Å²) in [6.45, 7) is 3.84. The second-order valence-electron chi connectivity index (χ2n) is 27.9. The number of allylic oxidation sites excluding steroid dienone is 3. The number of unbranched alkanes of at least 4 members (excludes halogenated alkanes) is 59. The Hall–Kier alpha value is -1.33. The fourth-order valence-corrected chi connectivity index (χ4v) is 13.1. The summed E-state index contributed by atoms with van der Waals surface area (Å²) in [7, 11) is 0. The van der Waals surface area contributed by atoms with E-state index in [1.807, 2.05) is 6.08 Å². The van der Waals surface area contributed by atoms with Crippen molar-refractivity contribution in [2.75, 3.05) is 13.2 Å². The molecule has 0 aromatic carbocycles. The minimum atomic E-state index is -1.57. The highest BCUT2D eigenvalue weighted by Crippen LogP contribution is 2.24. The first-order valence-corrected chi connectivity index (χ1v) is 39.6. The molecule has 1 saturated heterocycles. The molecule has 1 amide bonds. The smallest absolute Gasteiger partial charge is 0.220 e. The highest BCUT2D eigenvalue weighted by molar-refractivity contribution is 5.76. The van der Waals surface area contributed by atoms with Gasteiger partial charge in [-0.15, -0.1) is 0 Å². The molecule has 1 rings (SSSR count). The first-order valence-electron chi connectivity index (χ1n) is 39.6. The third kappa shape index (κ3) is 56.2. The van der Waals surface area contributed by atoms with Crippen molar-refractivity contribution < 1.29 is 39.8 Å². The zero-order chi connectivity index (χ0) is 63.5. The van der Waals surface area contributed by atoms with Crippen LogP contribution in [-0.2, 0) is 14.3 Å². The van der Waals surface area contributed by atoms with Gasteiger partial charge in [-0.05, 0) is 32.1 Å². The van der Waals surface area contributed by atoms with Gasteiger partial charge in [0.1, 0.15) is 24.4 Å². The first-order chi connectivity index (χ1) is 43.3. The van der Waals surface area contributed by atoms with E-state index in [0.717, 1.165) is 38.5 Å². The SMILES string of the molecule is CCCCCCCCCCCCCCCCCCCCCCCC/C=C/CC/C=C/C(O)C(COC1OC(CO)C(O)C(O)C1O)NC(=O)CCCCCCCCCCCCCCCCCCCCCCCCCCCCCCCCCCCCCCC. The van der Waals surface area contributed by atoms with E-state index in [1.165, 1.54) is 360 Å². The van der Waals surface area contributed by atoms with Crippen molar-refractivity contribution in [2.24, 2.45) is 0 Å². The van der Waals surface area contributed by atoms with Crippen LogP contribution >= 0.6 is 0 Å². The van der Waals surface area contributed by atoms with E-state index in [2.05, 4.69) is 31.3 Å². The summed E-state index contributed by atoms with van der Waals surface area (Å²) in [4.78, 5) is 13.2. The van der Waals surface area contributed by atoms with Crippen LogP contribution in [0.4, 0.5) is 0 Å². The number of hydrogen-bond acceptors (Lipinski definition) is 8. The van der Waals surface area contributed by atoms with Crippen molar-refractivity contribution in [3.05, 3.63) is 24.3 Å². The lowest BCUT2D eigenvalue weighted by molar-refractivity contribution is -0.302. The number of amides is 1. The normalized spacial score (nSPS) is 17.9. The summed E-state index contributed by atoms with van der Waals surface area (Å²) >= 11 is 0. The molecule has 7 atom stereocenters. The minimum absolute atomic E-state index is 0.176. The summed E-state index contributed by atoms with van der Waals surface area (Å²) in [6.07, 6.45) is 84.8. The molecular weight excluding hydrogens is 1090 g/mol. The van der Waals surface area contributed by atoms with Gasteiger partial charge >= 0.3 is 0 Å². The molecular formula is C79H153NO8. The van der Waals surface area contributed by atoms with Gasteiger partial charge in [0.05, 0.1) is 25.4 Å². The zero-order valence-corrected chi connectivity index (χ0v) is 58.8. The molecule has 0 aromatic heterocycles. The third-order valence-electron chi connectivity index (χ3n) is 19.3. The molecule has 0 radical (unpaired) electrons. The highest BCUT2D eigenvalue weighted by Gasteiger charge is 2.44. The number of rotatable bonds is 71. The Morgan fingerprint density at radius 3 is 0.955 bits per heavy atom. The van der Waals surface area contributed by atoms with Crippen molar-refractivity contribution in [2.45, 2.75) is 461 Å². The van der Waals surface area contributed by atoms with Crippen molar-refractivity contribution in [3.8, 4) is 0 Å². The molecule has 0 spiro atoms. The van der Waals surface area contributed by atoms with Crippen LogP contribution in [0.2, 0.25) is 0 Å². The summed E-state index contributed by atoms with van der Waals surface area (Å²) in [5.74, 6) is -0.176. The number of aliphatic hydroxyl groups is 5. The van der Waals surface area contributed by atoms with Gasteiger partial charge in [-0.2, -0.15) is 0 Å². The maximum absolute atomic E-state index is 13.2. The number of carbonyl (C=O) groups is 1. The van der Waals surface area contributed by atoms with E-state index in [4.69, 9.17) is 9.47 Å². The lowest BCUT2D eigenvalue weighted by Crippen LogP contribution is -2.60. The van der Waals surface area contributed by atoms with Crippen molar-refractivity contribution in [1.82, 2.24) is 5.32 Å². The average Bonchev–Trinajstić information content (AvgIpc) is 3.29. The molecule has 9 nitrogen and oxygen atoms in total. The van der Waals surface area contributed by atoms with Crippen LogP contribution in [0, 0.1) is 0 Å². The predicted octanol–water partition coefficient (Wildman–Crippen LogP) is 22.4. The van der Waals surface area contributed by atoms with Crippen LogP contribution in [0.15, 0.2) is 24.3 Å². The number of carbonyl (C=O) groups excluding carboxylic acids is 1. The Labute approximate surface area is 547 Å². The van der Waals surface area contributed by atoms with Crippen molar-refractivity contribution in [3.63, 3.8) is 0 Å². The summed E-state index contributed by atoms with van der Waals surface area (Å²) in [5.41, 5.74) is 0. The van der Waals surface area contributed by atoms with Crippen LogP contribution < -0.4 is 5.32 Å². The molecule has 1 aliphatic rings. The summed E-state index contributed by atoms with van der Waals surface area (Å²) in [6, 6.07) is -0.821. The van der Waals surface area contributed by atoms with Gasteiger partial charge in [0.25, 0.3) is 0 Å². The van der Waals surface area contributed by atoms with Gasteiger partial charge in [0, 0.05) is 6.42 Å². The fraction of sp³-hybridized carbons (Fsp3) is 0.937. The first kappa shape index (κ1) is 84.7. The Bertz CT molecular complexity index is 1440. The number of hydrogen-bond donors (Lipinski definition) is 6. The molecule has 0 aromatic rings. The molecule has 522 valence electrons. The Morgan fingerprint density at radius 1 is 0.375 bits per heavy atom. The van der Waals surface area contributed by atoms with Crippen LogP contribution in [0.1, 0.15) is 418 Å². The van der Waals surface area contributed by atoms with Crippen molar-refractivity contribution >= 4 is 5.91 Å². The average molecular weight is 1250 g/mol. The lowest BCUT2D eigenvalue weighted by Gasteiger charge is -2.40. The van der Waals surface area contributed by atoms with Crippen LogP contribution in [0.25, 0.3) is 0 Å². The molecule has 0 aliphatic carbocycles. The van der Waals surface area contributed by atoms with E-state index < -0.39 is 49.5 Å². The Kier molecular flexibility index (Phi) is 65.9. The van der Waals surface area contributed by atoms with Gasteiger partial charge in [-0.3, -0.25) is 4.79 Å². The standard InChI is InChI=1S/C79H153NO8/c1-3-5-7-9-11-13-15-17-19-21-23-25-27-29-31-33-34-35-36-37-38-39-40-41-43-45-47-49-51-53-55-57-59-61-63-65-67-69-75(83)80-72(71-87-79-78(86)77(85)76(84)74(70-81)88-79)73(82)68-66-64-62-60-58-56-54-52-50-48-46-44-42-32-30-28-26-24-22-20-18-16-14-12-10-8-6-4-2/h58,60,66,68,72-74,76-79,81-82,84-86H,3-57,59,61-65,67,69-71H2,1-2H3,(H,80,83)/b60-58+,68-66+. The lowest BCUT2D eigenvalue weighted by atomic mass is 9.99. The molecule has 1 fully saturated rings. The van der Waals surface area contributed by atoms with Crippen LogP contribution in [-0.4, -0.2) is 87.5 Å². The summed E-state index contributed by atoms with van der Waals surface area (Å²) in [5, 5.41) is 54.8. The van der Waals surface area contributed by atoms with Gasteiger partial charge in [-0.25, -0.2) is 0 Å². The second kappa shape index (κ2) is 68.5. The van der Waals surface area contributed by atoms with E-state index >= 15 is 0 Å². The van der Waals surface area contributed by atoms with Crippen molar-refractivity contribution in [1.29, 1.82) is 0 Å². The molecule has 6 N–H and O–H groups in total. The maximum Gasteiger partial charge on any atom is 0.220 e. The van der Waals surface area contributed by atoms with Gasteiger partial charge < -0.3 is 40.3 Å².